The summed E-state index contributed by atoms with van der Waals surface area (Å²) in [5, 5.41) is -0.689. The maximum atomic E-state index is 12.4. The van der Waals surface area contributed by atoms with Crippen molar-refractivity contribution in [2.75, 3.05) is 23.8 Å². The smallest absolute Gasteiger partial charge is 0.225 e. The lowest BCUT2D eigenvalue weighted by atomic mass is 9.85. The van der Waals surface area contributed by atoms with E-state index in [0.717, 1.165) is 5.75 Å². The first-order valence-electron chi connectivity index (χ1n) is 6.94. The van der Waals surface area contributed by atoms with Crippen molar-refractivity contribution in [2.45, 2.75) is 45.5 Å². The van der Waals surface area contributed by atoms with Crippen molar-refractivity contribution in [1.82, 2.24) is 4.90 Å². The van der Waals surface area contributed by atoms with Crippen LogP contribution in [0.5, 0.6) is 0 Å². The highest BCUT2D eigenvalue weighted by molar-refractivity contribution is 8.01. The molecule has 5 nitrogen and oxygen atoms in total. The molecule has 1 aliphatic rings. The molecule has 20 heavy (non-hydrogen) atoms. The fourth-order valence-corrected chi connectivity index (χ4v) is 4.96. The van der Waals surface area contributed by atoms with E-state index in [4.69, 9.17) is 5.73 Å². The zero-order chi connectivity index (χ0) is 15.6. The molecule has 0 aromatic rings. The van der Waals surface area contributed by atoms with E-state index in [1.807, 2.05) is 20.8 Å². The third-order valence-corrected chi connectivity index (χ3v) is 7.02. The lowest BCUT2D eigenvalue weighted by Gasteiger charge is -2.36. The summed E-state index contributed by atoms with van der Waals surface area (Å²) in [5.41, 5.74) is 5.88. The van der Waals surface area contributed by atoms with Gasteiger partial charge in [0.15, 0.2) is 9.84 Å². The van der Waals surface area contributed by atoms with Crippen LogP contribution in [-0.4, -0.2) is 54.4 Å². The topological polar surface area (TPSA) is 80.5 Å². The van der Waals surface area contributed by atoms with Crippen LogP contribution < -0.4 is 5.73 Å². The molecular formula is C13H26N2O3S2. The summed E-state index contributed by atoms with van der Waals surface area (Å²) >= 11 is 1.59. The number of nitrogens with two attached hydrogens (primary N) is 1. The van der Waals surface area contributed by atoms with Gasteiger partial charge in [-0.15, -0.1) is 0 Å². The number of hydrogen-bond donors (Lipinski definition) is 1. The number of thioether (sulfide) groups is 1. The minimum absolute atomic E-state index is 0.0628. The lowest BCUT2D eigenvalue weighted by Crippen LogP contribution is -2.52. The molecule has 1 rings (SSSR count). The van der Waals surface area contributed by atoms with E-state index in [1.54, 1.807) is 18.7 Å². The van der Waals surface area contributed by atoms with Gasteiger partial charge in [0.2, 0.25) is 5.91 Å². The Bertz CT molecular complexity index is 443. The highest BCUT2D eigenvalue weighted by Gasteiger charge is 2.37. The van der Waals surface area contributed by atoms with E-state index in [9.17, 15) is 13.2 Å². The molecule has 0 aromatic heterocycles. The van der Waals surface area contributed by atoms with Gasteiger partial charge >= 0.3 is 0 Å². The van der Waals surface area contributed by atoms with Crippen molar-refractivity contribution in [3.05, 3.63) is 0 Å². The maximum absolute atomic E-state index is 12.4. The Morgan fingerprint density at radius 2 is 2.05 bits per heavy atom. The molecule has 1 fully saturated rings. The minimum atomic E-state index is -3.24. The number of nitrogens with zero attached hydrogens (tertiary/aromatic N) is 1. The van der Waals surface area contributed by atoms with E-state index >= 15 is 0 Å². The van der Waals surface area contributed by atoms with Gasteiger partial charge in [0.1, 0.15) is 5.37 Å². The first-order chi connectivity index (χ1) is 9.09. The van der Waals surface area contributed by atoms with Gasteiger partial charge in [-0.2, -0.15) is 11.8 Å². The van der Waals surface area contributed by atoms with E-state index in [1.165, 1.54) is 4.90 Å². The number of amides is 1. The molecule has 118 valence electrons. The molecule has 0 saturated carbocycles. The second-order valence-corrected chi connectivity index (χ2v) is 9.84. The second-order valence-electron chi connectivity index (χ2n) is 6.24. The van der Waals surface area contributed by atoms with Gasteiger partial charge in [0.05, 0.1) is 0 Å². The number of sulfone groups is 1. The van der Waals surface area contributed by atoms with E-state index in [-0.39, 0.29) is 29.5 Å². The van der Waals surface area contributed by atoms with Crippen molar-refractivity contribution < 1.29 is 13.2 Å². The zero-order valence-corrected chi connectivity index (χ0v) is 14.4. The molecule has 0 aromatic carbocycles. The van der Waals surface area contributed by atoms with Crippen LogP contribution in [-0.2, 0) is 14.6 Å². The van der Waals surface area contributed by atoms with Gasteiger partial charge < -0.3 is 10.6 Å². The Labute approximate surface area is 126 Å². The summed E-state index contributed by atoms with van der Waals surface area (Å²) in [7, 11) is -3.24. The van der Waals surface area contributed by atoms with E-state index in [0.29, 0.717) is 12.3 Å². The maximum Gasteiger partial charge on any atom is 0.225 e. The Morgan fingerprint density at radius 1 is 1.45 bits per heavy atom. The van der Waals surface area contributed by atoms with Gasteiger partial charge in [0, 0.05) is 36.3 Å². The summed E-state index contributed by atoms with van der Waals surface area (Å²) < 4.78 is 24.2. The molecule has 1 saturated heterocycles. The molecule has 2 N–H and O–H groups in total. The molecule has 0 bridgehead atoms. The number of hydrogen-bond acceptors (Lipinski definition) is 5. The number of rotatable bonds is 4. The minimum Gasteiger partial charge on any atom is -0.327 e. The molecule has 1 aliphatic heterocycles. The monoisotopic (exact) mass is 322 g/mol. The van der Waals surface area contributed by atoms with Crippen molar-refractivity contribution in [2.24, 2.45) is 11.1 Å². The van der Waals surface area contributed by atoms with Gasteiger partial charge in [0.25, 0.3) is 0 Å². The van der Waals surface area contributed by atoms with Gasteiger partial charge in [-0.3, -0.25) is 4.79 Å². The summed E-state index contributed by atoms with van der Waals surface area (Å²) in [6.07, 6.45) is 0.198. The Morgan fingerprint density at radius 3 is 2.55 bits per heavy atom. The SMILES string of the molecule is CCS(=O)(=O)C1CSCCN1C(=O)CC(N)C(C)(C)C. The van der Waals surface area contributed by atoms with Crippen molar-refractivity contribution in [1.29, 1.82) is 0 Å². The summed E-state index contributed by atoms with van der Waals surface area (Å²) in [5.74, 6) is 1.17. The third kappa shape index (κ3) is 4.36. The number of carbonyl (C=O) groups is 1. The van der Waals surface area contributed by atoms with Crippen LogP contribution in [0.4, 0.5) is 0 Å². The van der Waals surface area contributed by atoms with Crippen LogP contribution in [0.3, 0.4) is 0 Å². The standard InChI is InChI=1S/C13H26N2O3S2/c1-5-20(17,18)12-9-19-7-6-15(12)11(16)8-10(14)13(2,3)4/h10,12H,5-9,14H2,1-4H3. The normalized spacial score (nSPS) is 22.6. The molecule has 1 heterocycles. The van der Waals surface area contributed by atoms with E-state index < -0.39 is 15.2 Å². The largest absolute Gasteiger partial charge is 0.327 e. The van der Waals surface area contributed by atoms with Crippen molar-refractivity contribution in [3.8, 4) is 0 Å². The quantitative estimate of drug-likeness (QED) is 0.838. The molecule has 2 unspecified atom stereocenters. The fourth-order valence-electron chi connectivity index (χ4n) is 1.97. The average molecular weight is 322 g/mol. The highest BCUT2D eigenvalue weighted by atomic mass is 32.2. The number of carbonyl (C=O) groups excluding carboxylic acids is 1. The lowest BCUT2D eigenvalue weighted by molar-refractivity contribution is -0.132. The van der Waals surface area contributed by atoms with E-state index in [2.05, 4.69) is 0 Å². The Hall–Kier alpha value is -0.270. The van der Waals surface area contributed by atoms with Crippen LogP contribution in [0, 0.1) is 5.41 Å². The van der Waals surface area contributed by atoms with Crippen LogP contribution in [0.2, 0.25) is 0 Å². The van der Waals surface area contributed by atoms with Crippen LogP contribution in [0.1, 0.15) is 34.1 Å². The van der Waals surface area contributed by atoms with Crippen molar-refractivity contribution >= 4 is 27.5 Å². The Balaban J connectivity index is 2.83. The first kappa shape index (κ1) is 17.8. The first-order valence-corrected chi connectivity index (χ1v) is 9.81. The van der Waals surface area contributed by atoms with Crippen LogP contribution in [0.15, 0.2) is 0 Å². The summed E-state index contributed by atoms with van der Waals surface area (Å²) in [4.78, 5) is 13.9. The predicted molar refractivity (Wildman–Crippen MR) is 84.3 cm³/mol. The van der Waals surface area contributed by atoms with Gasteiger partial charge in [-0.1, -0.05) is 27.7 Å². The van der Waals surface area contributed by atoms with Gasteiger partial charge in [-0.25, -0.2) is 8.42 Å². The highest BCUT2D eigenvalue weighted by Crippen LogP contribution is 2.25. The molecule has 1 amide bonds. The molecule has 0 radical (unpaired) electrons. The second kappa shape index (κ2) is 6.66. The molecule has 7 heteroatoms. The Kier molecular flexibility index (Phi) is 5.92. The van der Waals surface area contributed by atoms with Crippen molar-refractivity contribution in [3.63, 3.8) is 0 Å². The summed E-state index contributed by atoms with van der Waals surface area (Å²) in [6, 6.07) is -0.269. The molecule has 0 spiro atoms. The molecule has 0 aliphatic carbocycles. The van der Waals surface area contributed by atoms with Crippen LogP contribution in [0.25, 0.3) is 0 Å². The summed E-state index contributed by atoms with van der Waals surface area (Å²) in [6.45, 7) is 8.06. The zero-order valence-electron chi connectivity index (χ0n) is 12.8. The van der Waals surface area contributed by atoms with Crippen LogP contribution >= 0.6 is 11.8 Å². The fraction of sp³-hybridized carbons (Fsp3) is 0.923. The molecular weight excluding hydrogens is 296 g/mol. The third-order valence-electron chi connectivity index (χ3n) is 3.73. The van der Waals surface area contributed by atoms with Gasteiger partial charge in [-0.05, 0) is 5.41 Å². The predicted octanol–water partition coefficient (Wildman–Crippen LogP) is 1.09. The average Bonchev–Trinajstić information content (AvgIpc) is 2.37. The molecule has 2 atom stereocenters.